The maximum Gasteiger partial charge on any atom is 0.407 e. The van der Waals surface area contributed by atoms with Gasteiger partial charge in [-0.1, -0.05) is 60.7 Å². The predicted octanol–water partition coefficient (Wildman–Crippen LogP) is 2.83. The van der Waals surface area contributed by atoms with Crippen LogP contribution in [0.4, 0.5) is 4.79 Å². The van der Waals surface area contributed by atoms with Gasteiger partial charge in [-0.3, -0.25) is 4.79 Å². The minimum atomic E-state index is -1.16. The lowest BCUT2D eigenvalue weighted by Crippen LogP contribution is -2.53. The summed E-state index contributed by atoms with van der Waals surface area (Å²) in [5.74, 6) is -1.69. The number of carbonyl (C=O) groups excluding carboxylic acids is 2. The Kier molecular flexibility index (Phi) is 12.0. The first kappa shape index (κ1) is 29.3. The van der Waals surface area contributed by atoms with Crippen LogP contribution in [-0.4, -0.2) is 63.3 Å². The molecule has 0 spiro atoms. The highest BCUT2D eigenvalue weighted by atomic mass is 16.5. The number of hydrogen-bond acceptors (Lipinski definition) is 7. The van der Waals surface area contributed by atoms with E-state index in [1.165, 1.54) is 11.2 Å². The molecule has 0 radical (unpaired) electrons. The maximum absolute atomic E-state index is 13.3. The van der Waals surface area contributed by atoms with Gasteiger partial charge in [0.15, 0.2) is 0 Å². The minimum Gasteiger partial charge on any atom is -0.480 e. The van der Waals surface area contributed by atoms with Crippen molar-refractivity contribution in [3.05, 3.63) is 90.0 Å². The van der Waals surface area contributed by atoms with Crippen LogP contribution in [0.25, 0.3) is 0 Å². The molecule has 0 aliphatic heterocycles. The standard InChI is InChI=1S/C28H35N5O6/c29-24(15-23-16-30-19-32-23)26(34)33(20-38-17-21-9-3-1-4-10-21)25(27(35)36)13-7-8-14-31-28(37)39-18-22-11-5-2-6-12-22/h1-6,9-12,16,19,24-25H,7-8,13-15,17-18,20,29H2,(H,30,32)(H,31,37)(H,35,36)/t24-,25-/m0/s1. The molecule has 0 saturated carbocycles. The first-order valence-electron chi connectivity index (χ1n) is 12.8. The van der Waals surface area contributed by atoms with Crippen molar-refractivity contribution in [3.63, 3.8) is 0 Å². The highest BCUT2D eigenvalue weighted by Gasteiger charge is 2.32. The number of aromatic nitrogens is 2. The molecule has 39 heavy (non-hydrogen) atoms. The van der Waals surface area contributed by atoms with Gasteiger partial charge in [0.2, 0.25) is 5.91 Å². The Balaban J connectivity index is 1.52. The number of carboxylic acids is 1. The smallest absolute Gasteiger partial charge is 0.407 e. The number of carbonyl (C=O) groups is 3. The van der Waals surface area contributed by atoms with E-state index in [2.05, 4.69) is 15.3 Å². The Labute approximate surface area is 227 Å². The van der Waals surface area contributed by atoms with E-state index in [0.29, 0.717) is 25.1 Å². The fourth-order valence-corrected chi connectivity index (χ4v) is 3.92. The zero-order valence-corrected chi connectivity index (χ0v) is 21.7. The number of ether oxygens (including phenoxy) is 2. The number of alkyl carbamates (subject to hydrolysis) is 1. The second kappa shape index (κ2) is 15.9. The van der Waals surface area contributed by atoms with Gasteiger partial charge in [-0.25, -0.2) is 14.6 Å². The van der Waals surface area contributed by atoms with Gasteiger partial charge in [0.1, 0.15) is 19.4 Å². The first-order chi connectivity index (χ1) is 18.9. The number of aliphatic carboxylic acids is 1. The third kappa shape index (κ3) is 10.2. The van der Waals surface area contributed by atoms with Crippen LogP contribution in [0, 0.1) is 0 Å². The van der Waals surface area contributed by atoms with Crippen LogP contribution >= 0.6 is 0 Å². The normalized spacial score (nSPS) is 12.3. The van der Waals surface area contributed by atoms with Crippen molar-refractivity contribution in [2.24, 2.45) is 5.73 Å². The summed E-state index contributed by atoms with van der Waals surface area (Å²) in [6.45, 7) is 0.442. The largest absolute Gasteiger partial charge is 0.480 e. The van der Waals surface area contributed by atoms with Crippen LogP contribution in [-0.2, 0) is 38.7 Å². The number of imidazole rings is 1. The van der Waals surface area contributed by atoms with Crippen molar-refractivity contribution in [2.45, 2.75) is 51.0 Å². The van der Waals surface area contributed by atoms with E-state index >= 15 is 0 Å². The quantitative estimate of drug-likeness (QED) is 0.160. The van der Waals surface area contributed by atoms with Gasteiger partial charge in [0, 0.05) is 24.9 Å². The molecule has 0 aliphatic rings. The van der Waals surface area contributed by atoms with Crippen molar-refractivity contribution >= 4 is 18.0 Å². The van der Waals surface area contributed by atoms with Crippen LogP contribution in [0.3, 0.4) is 0 Å². The number of nitrogens with two attached hydrogens (primary N) is 1. The minimum absolute atomic E-state index is 0.159. The van der Waals surface area contributed by atoms with E-state index in [9.17, 15) is 19.5 Å². The molecule has 0 fully saturated rings. The van der Waals surface area contributed by atoms with Gasteiger partial charge in [0.25, 0.3) is 0 Å². The molecule has 0 bridgehead atoms. The van der Waals surface area contributed by atoms with Crippen molar-refractivity contribution < 1.29 is 29.0 Å². The summed E-state index contributed by atoms with van der Waals surface area (Å²) in [7, 11) is 0. The van der Waals surface area contributed by atoms with Crippen molar-refractivity contribution in [1.82, 2.24) is 20.2 Å². The summed E-state index contributed by atoms with van der Waals surface area (Å²) < 4.78 is 10.9. The summed E-state index contributed by atoms with van der Waals surface area (Å²) in [5.41, 5.74) is 8.60. The molecule has 208 valence electrons. The van der Waals surface area contributed by atoms with Crippen molar-refractivity contribution in [2.75, 3.05) is 13.3 Å². The highest BCUT2D eigenvalue weighted by Crippen LogP contribution is 2.14. The van der Waals surface area contributed by atoms with Gasteiger partial charge in [-0.2, -0.15) is 0 Å². The van der Waals surface area contributed by atoms with Gasteiger partial charge >= 0.3 is 12.1 Å². The maximum atomic E-state index is 13.3. The molecular weight excluding hydrogens is 502 g/mol. The average molecular weight is 538 g/mol. The number of hydrogen-bond donors (Lipinski definition) is 4. The molecular formula is C28H35N5O6. The predicted molar refractivity (Wildman–Crippen MR) is 143 cm³/mol. The number of rotatable bonds is 16. The molecule has 0 saturated heterocycles. The van der Waals surface area contributed by atoms with Crippen LogP contribution in [0.15, 0.2) is 73.2 Å². The highest BCUT2D eigenvalue weighted by molar-refractivity contribution is 5.87. The Morgan fingerprint density at radius 1 is 1.00 bits per heavy atom. The van der Waals surface area contributed by atoms with Gasteiger partial charge in [-0.05, 0) is 30.4 Å². The molecule has 2 aromatic carbocycles. The van der Waals surface area contributed by atoms with Crippen molar-refractivity contribution in [1.29, 1.82) is 0 Å². The zero-order valence-electron chi connectivity index (χ0n) is 21.7. The zero-order chi connectivity index (χ0) is 27.9. The number of amides is 2. The van der Waals surface area contributed by atoms with Gasteiger partial charge in [-0.15, -0.1) is 0 Å². The summed E-state index contributed by atoms with van der Waals surface area (Å²) in [4.78, 5) is 45.4. The Morgan fingerprint density at radius 3 is 2.28 bits per heavy atom. The third-order valence-corrected chi connectivity index (χ3v) is 5.98. The van der Waals surface area contributed by atoms with Crippen LogP contribution in [0.5, 0.6) is 0 Å². The number of carboxylic acid groups (broad SMARTS) is 1. The Hall–Kier alpha value is -4.22. The lowest BCUT2D eigenvalue weighted by atomic mass is 10.1. The Morgan fingerprint density at radius 2 is 1.67 bits per heavy atom. The first-order valence-corrected chi connectivity index (χ1v) is 12.8. The van der Waals surface area contributed by atoms with E-state index in [0.717, 1.165) is 11.1 Å². The SMILES string of the molecule is N[C@@H](Cc1cnc[nH]1)C(=O)N(COCc1ccccc1)[C@@H](CCCCNC(=O)OCc1ccccc1)C(=O)O. The van der Waals surface area contributed by atoms with Crippen LogP contribution in [0.1, 0.15) is 36.1 Å². The lowest BCUT2D eigenvalue weighted by molar-refractivity contribution is -0.157. The number of aromatic amines is 1. The second-order valence-electron chi connectivity index (χ2n) is 9.00. The summed E-state index contributed by atoms with van der Waals surface area (Å²) in [5, 5.41) is 12.6. The van der Waals surface area contributed by atoms with E-state index in [4.69, 9.17) is 15.2 Å². The molecule has 1 heterocycles. The number of H-pyrrole nitrogens is 1. The number of unbranched alkanes of at least 4 members (excludes halogenated alkanes) is 1. The molecule has 11 nitrogen and oxygen atoms in total. The van der Waals surface area contributed by atoms with E-state index in [1.54, 1.807) is 6.20 Å². The average Bonchev–Trinajstić information content (AvgIpc) is 3.46. The van der Waals surface area contributed by atoms with Crippen LogP contribution in [0.2, 0.25) is 0 Å². The van der Waals surface area contributed by atoms with Crippen LogP contribution < -0.4 is 11.1 Å². The molecule has 3 rings (SSSR count). The fourth-order valence-electron chi connectivity index (χ4n) is 3.92. The second-order valence-corrected chi connectivity index (χ2v) is 9.00. The van der Waals surface area contributed by atoms with Gasteiger partial charge in [0.05, 0.1) is 19.0 Å². The summed E-state index contributed by atoms with van der Waals surface area (Å²) in [6.07, 6.45) is 3.77. The van der Waals surface area contributed by atoms with Gasteiger partial charge < -0.3 is 35.5 Å². The summed E-state index contributed by atoms with van der Waals surface area (Å²) in [6, 6.07) is 16.6. The Bertz CT molecular complexity index is 1140. The molecule has 11 heteroatoms. The molecule has 2 amide bonds. The number of nitrogens with one attached hydrogen (secondary N) is 2. The van der Waals surface area contributed by atoms with Crippen molar-refractivity contribution in [3.8, 4) is 0 Å². The van der Waals surface area contributed by atoms with E-state index in [1.807, 2.05) is 60.7 Å². The summed E-state index contributed by atoms with van der Waals surface area (Å²) >= 11 is 0. The third-order valence-electron chi connectivity index (χ3n) is 5.98. The number of nitrogens with zero attached hydrogens (tertiary/aromatic N) is 2. The van der Waals surface area contributed by atoms with E-state index < -0.39 is 30.1 Å². The monoisotopic (exact) mass is 537 g/mol. The topological polar surface area (TPSA) is 160 Å². The molecule has 0 unspecified atom stereocenters. The number of benzene rings is 2. The molecule has 5 N–H and O–H groups in total. The molecule has 1 aromatic heterocycles. The molecule has 0 aliphatic carbocycles. The molecule has 3 aromatic rings. The fraction of sp³-hybridized carbons (Fsp3) is 0.357. The molecule has 2 atom stereocenters. The lowest BCUT2D eigenvalue weighted by Gasteiger charge is -2.31. The van der Waals surface area contributed by atoms with E-state index in [-0.39, 0.29) is 32.8 Å².